The number of rotatable bonds is 6. The number of nitrogens with zero attached hydrogens (tertiary/aromatic N) is 1. The molecular weight excluding hydrogens is 260 g/mol. The zero-order valence-corrected chi connectivity index (χ0v) is 14.0. The van der Waals surface area contributed by atoms with E-state index in [-0.39, 0.29) is 5.54 Å². The van der Waals surface area contributed by atoms with Crippen molar-refractivity contribution >= 4 is 0 Å². The van der Waals surface area contributed by atoms with Crippen molar-refractivity contribution in [1.29, 1.82) is 0 Å². The third-order valence-corrected chi connectivity index (χ3v) is 4.46. The molecule has 1 aliphatic rings. The first-order valence-corrected chi connectivity index (χ1v) is 8.22. The van der Waals surface area contributed by atoms with Gasteiger partial charge in [-0.2, -0.15) is 0 Å². The molecule has 1 N–H and O–H groups in total. The number of aryl methyl sites for hydroxylation is 1. The molecule has 0 radical (unpaired) electrons. The summed E-state index contributed by atoms with van der Waals surface area (Å²) < 4.78 is 5.63. The molecule has 1 heterocycles. The topological polar surface area (TPSA) is 24.5 Å². The Balaban J connectivity index is 2.10. The first-order valence-electron chi connectivity index (χ1n) is 8.22. The van der Waals surface area contributed by atoms with Crippen LogP contribution in [0.4, 0.5) is 0 Å². The van der Waals surface area contributed by atoms with Gasteiger partial charge >= 0.3 is 0 Å². The lowest BCUT2D eigenvalue weighted by Crippen LogP contribution is -2.55. The van der Waals surface area contributed by atoms with Gasteiger partial charge in [-0.25, -0.2) is 0 Å². The highest BCUT2D eigenvalue weighted by atomic mass is 16.5. The van der Waals surface area contributed by atoms with E-state index in [2.05, 4.69) is 62.2 Å². The zero-order chi connectivity index (χ0) is 15.3. The van der Waals surface area contributed by atoms with Crippen LogP contribution >= 0.6 is 0 Å². The average Bonchev–Trinajstić information content (AvgIpc) is 2.48. The third kappa shape index (κ3) is 4.29. The summed E-state index contributed by atoms with van der Waals surface area (Å²) in [4.78, 5) is 2.55. The van der Waals surface area contributed by atoms with Crippen LogP contribution in [0.5, 0.6) is 0 Å². The van der Waals surface area contributed by atoms with Crippen LogP contribution in [0, 0.1) is 0 Å². The number of benzene rings is 1. The van der Waals surface area contributed by atoms with Gasteiger partial charge in [-0.1, -0.05) is 38.1 Å². The molecule has 0 spiro atoms. The molecule has 0 bridgehead atoms. The Kier molecular flexibility index (Phi) is 5.80. The second-order valence-corrected chi connectivity index (χ2v) is 6.52. The maximum absolute atomic E-state index is 5.63. The third-order valence-electron chi connectivity index (χ3n) is 4.46. The van der Waals surface area contributed by atoms with E-state index in [0.29, 0.717) is 6.04 Å². The van der Waals surface area contributed by atoms with E-state index in [0.717, 1.165) is 39.3 Å². The van der Waals surface area contributed by atoms with Gasteiger partial charge in [0, 0.05) is 24.7 Å². The molecule has 0 aromatic heterocycles. The van der Waals surface area contributed by atoms with Crippen molar-refractivity contribution < 1.29 is 4.74 Å². The number of nitrogens with one attached hydrogen (secondary N) is 1. The Hall–Kier alpha value is -0.900. The van der Waals surface area contributed by atoms with Gasteiger partial charge in [-0.3, -0.25) is 4.90 Å². The van der Waals surface area contributed by atoms with E-state index < -0.39 is 0 Å². The number of hydrogen-bond donors (Lipinski definition) is 1. The smallest absolute Gasteiger partial charge is 0.0645 e. The van der Waals surface area contributed by atoms with Crippen LogP contribution in [-0.2, 0) is 11.2 Å². The molecule has 118 valence electrons. The van der Waals surface area contributed by atoms with Crippen LogP contribution in [0.2, 0.25) is 0 Å². The fourth-order valence-electron chi connectivity index (χ4n) is 2.97. The van der Waals surface area contributed by atoms with Crippen molar-refractivity contribution in [2.45, 2.75) is 45.7 Å². The highest BCUT2D eigenvalue weighted by Crippen LogP contribution is 2.23. The zero-order valence-electron chi connectivity index (χ0n) is 14.0. The molecule has 3 heteroatoms. The summed E-state index contributed by atoms with van der Waals surface area (Å²) in [6, 6.07) is 9.45. The van der Waals surface area contributed by atoms with Gasteiger partial charge in [0.05, 0.1) is 13.2 Å². The van der Waals surface area contributed by atoms with Crippen LogP contribution < -0.4 is 5.32 Å². The highest BCUT2D eigenvalue weighted by molar-refractivity contribution is 5.25. The molecule has 2 rings (SSSR count). The Morgan fingerprint density at radius 2 is 1.95 bits per heavy atom. The predicted molar refractivity (Wildman–Crippen MR) is 88.7 cm³/mol. The van der Waals surface area contributed by atoms with Crippen molar-refractivity contribution in [3.63, 3.8) is 0 Å². The summed E-state index contributed by atoms with van der Waals surface area (Å²) in [6.07, 6.45) is 1.10. The molecular formula is C18H30N2O. The van der Waals surface area contributed by atoms with Crippen LogP contribution in [-0.4, -0.2) is 43.3 Å². The van der Waals surface area contributed by atoms with Gasteiger partial charge in [-0.15, -0.1) is 0 Å². The second-order valence-electron chi connectivity index (χ2n) is 6.52. The molecule has 3 nitrogen and oxygen atoms in total. The van der Waals surface area contributed by atoms with E-state index >= 15 is 0 Å². The van der Waals surface area contributed by atoms with Crippen molar-refractivity contribution in [1.82, 2.24) is 10.2 Å². The lowest BCUT2D eigenvalue weighted by Gasteiger charge is -2.43. The number of ether oxygens (including phenoxy) is 1. The van der Waals surface area contributed by atoms with Crippen LogP contribution in [0.3, 0.4) is 0 Å². The van der Waals surface area contributed by atoms with Gasteiger partial charge < -0.3 is 10.1 Å². The molecule has 21 heavy (non-hydrogen) atoms. The minimum Gasteiger partial charge on any atom is -0.378 e. The molecule has 0 amide bonds. The van der Waals surface area contributed by atoms with Crippen molar-refractivity contribution in [2.75, 3.05) is 32.8 Å². The van der Waals surface area contributed by atoms with Gasteiger partial charge in [0.15, 0.2) is 0 Å². The summed E-state index contributed by atoms with van der Waals surface area (Å²) in [7, 11) is 0. The maximum Gasteiger partial charge on any atom is 0.0645 e. The summed E-state index contributed by atoms with van der Waals surface area (Å²) in [5.41, 5.74) is 2.91. The lowest BCUT2D eigenvalue weighted by molar-refractivity contribution is -0.0545. The average molecular weight is 290 g/mol. The molecule has 0 aliphatic carbocycles. The van der Waals surface area contributed by atoms with E-state index in [1.807, 2.05) is 0 Å². The lowest BCUT2D eigenvalue weighted by atomic mass is 9.98. The van der Waals surface area contributed by atoms with E-state index in [9.17, 15) is 0 Å². The van der Waals surface area contributed by atoms with Gasteiger partial charge in [0.2, 0.25) is 0 Å². The molecule has 1 unspecified atom stereocenters. The van der Waals surface area contributed by atoms with Crippen LogP contribution in [0.25, 0.3) is 0 Å². The number of likely N-dealkylation sites (N-methyl/N-ethyl adjacent to an activating group) is 1. The van der Waals surface area contributed by atoms with E-state index in [4.69, 9.17) is 4.74 Å². The SMILES string of the molecule is CCNC(CN1CCOCC1(C)C)c1ccc(CC)cc1. The molecule has 1 atom stereocenters. The van der Waals surface area contributed by atoms with Crippen molar-refractivity contribution in [3.8, 4) is 0 Å². The van der Waals surface area contributed by atoms with Crippen molar-refractivity contribution in [2.24, 2.45) is 0 Å². The fraction of sp³-hybridized carbons (Fsp3) is 0.667. The molecule has 1 aromatic rings. The summed E-state index contributed by atoms with van der Waals surface area (Å²) in [6.45, 7) is 13.6. The molecule has 1 saturated heterocycles. The number of hydrogen-bond acceptors (Lipinski definition) is 3. The Labute approximate surface area is 129 Å². The largest absolute Gasteiger partial charge is 0.378 e. The molecule has 1 fully saturated rings. The molecule has 1 aliphatic heterocycles. The quantitative estimate of drug-likeness (QED) is 0.871. The predicted octanol–water partition coefficient (Wildman–Crippen LogP) is 3.01. The minimum absolute atomic E-state index is 0.120. The number of morpholine rings is 1. The molecule has 1 aromatic carbocycles. The Morgan fingerprint density at radius 3 is 2.52 bits per heavy atom. The first-order chi connectivity index (χ1) is 10.1. The van der Waals surface area contributed by atoms with Gasteiger partial charge in [0.1, 0.15) is 0 Å². The summed E-state index contributed by atoms with van der Waals surface area (Å²) >= 11 is 0. The summed E-state index contributed by atoms with van der Waals surface area (Å²) in [5, 5.41) is 3.64. The Bertz CT molecular complexity index is 427. The van der Waals surface area contributed by atoms with E-state index in [1.165, 1.54) is 11.1 Å². The highest BCUT2D eigenvalue weighted by Gasteiger charge is 2.32. The first kappa shape index (κ1) is 16.5. The monoisotopic (exact) mass is 290 g/mol. The molecule has 0 saturated carbocycles. The van der Waals surface area contributed by atoms with Gasteiger partial charge in [0.25, 0.3) is 0 Å². The van der Waals surface area contributed by atoms with Gasteiger partial charge in [-0.05, 0) is 37.9 Å². The Morgan fingerprint density at radius 1 is 1.24 bits per heavy atom. The maximum atomic E-state index is 5.63. The fourth-order valence-corrected chi connectivity index (χ4v) is 2.97. The van der Waals surface area contributed by atoms with E-state index in [1.54, 1.807) is 0 Å². The van der Waals surface area contributed by atoms with Crippen LogP contribution in [0.15, 0.2) is 24.3 Å². The standard InChI is InChI=1S/C18H30N2O/c1-5-15-7-9-16(10-8-15)17(19-6-2)13-20-11-12-21-14-18(20,3)4/h7-10,17,19H,5-6,11-14H2,1-4H3. The summed E-state index contributed by atoms with van der Waals surface area (Å²) in [5.74, 6) is 0. The van der Waals surface area contributed by atoms with Crippen LogP contribution in [0.1, 0.15) is 44.9 Å². The minimum atomic E-state index is 0.120. The second kappa shape index (κ2) is 7.39. The normalized spacial score (nSPS) is 20.4. The van der Waals surface area contributed by atoms with Crippen molar-refractivity contribution in [3.05, 3.63) is 35.4 Å².